The number of rotatable bonds is 7. The number of sulfonamides is 1. The van der Waals surface area contributed by atoms with Crippen molar-refractivity contribution in [3.8, 4) is 0 Å². The quantitative estimate of drug-likeness (QED) is 0.631. The monoisotopic (exact) mass is 425 g/mol. The van der Waals surface area contributed by atoms with Gasteiger partial charge in [-0.1, -0.05) is 6.92 Å². The molecule has 1 aromatic carbocycles. The minimum atomic E-state index is -3.97. The summed E-state index contributed by atoms with van der Waals surface area (Å²) in [7, 11) is -3.97. The maximum atomic E-state index is 12.4. The van der Waals surface area contributed by atoms with Gasteiger partial charge >= 0.3 is 5.97 Å². The number of ether oxygens (including phenoxy) is 1. The molecule has 1 aliphatic rings. The summed E-state index contributed by atoms with van der Waals surface area (Å²) in [6.45, 7) is 5.60. The van der Waals surface area contributed by atoms with Gasteiger partial charge in [-0.2, -0.15) is 4.72 Å². The minimum absolute atomic E-state index is 0.0652. The lowest BCUT2D eigenvalue weighted by Gasteiger charge is -2.30. The van der Waals surface area contributed by atoms with Gasteiger partial charge in [0.05, 0.1) is 4.90 Å². The second-order valence-electron chi connectivity index (χ2n) is 7.24. The van der Waals surface area contributed by atoms with Crippen LogP contribution in [0.1, 0.15) is 33.6 Å². The highest BCUT2D eigenvalue weighted by molar-refractivity contribution is 7.89. The fourth-order valence-corrected chi connectivity index (χ4v) is 4.23. The summed E-state index contributed by atoms with van der Waals surface area (Å²) in [6.07, 6.45) is 1.98. The number of amides is 2. The highest BCUT2D eigenvalue weighted by Gasteiger charge is 2.26. The fraction of sp³-hybridized carbons (Fsp3) is 0.526. The summed E-state index contributed by atoms with van der Waals surface area (Å²) < 4.78 is 32.1. The number of hydrogen-bond donors (Lipinski definition) is 2. The van der Waals surface area contributed by atoms with Crippen LogP contribution in [0.5, 0.6) is 0 Å². The number of hydrogen-bond acceptors (Lipinski definition) is 6. The van der Waals surface area contributed by atoms with Gasteiger partial charge < -0.3 is 15.0 Å². The molecule has 1 aromatic rings. The van der Waals surface area contributed by atoms with Crippen molar-refractivity contribution in [2.45, 2.75) is 44.6 Å². The summed E-state index contributed by atoms with van der Waals surface area (Å²) in [5.41, 5.74) is 0.453. The Morgan fingerprint density at radius 2 is 1.90 bits per heavy atom. The van der Waals surface area contributed by atoms with Gasteiger partial charge in [0.15, 0.2) is 6.61 Å². The molecule has 10 heteroatoms. The maximum Gasteiger partial charge on any atom is 0.324 e. The van der Waals surface area contributed by atoms with Crippen LogP contribution < -0.4 is 10.0 Å². The molecule has 2 atom stereocenters. The van der Waals surface area contributed by atoms with Crippen LogP contribution in [0.2, 0.25) is 0 Å². The molecule has 0 aliphatic carbocycles. The Labute approximate surface area is 170 Å². The molecule has 1 saturated heterocycles. The normalized spacial score (nSPS) is 18.0. The van der Waals surface area contributed by atoms with E-state index in [0.29, 0.717) is 24.7 Å². The highest BCUT2D eigenvalue weighted by Crippen LogP contribution is 2.16. The molecule has 1 aliphatic heterocycles. The molecule has 29 heavy (non-hydrogen) atoms. The topological polar surface area (TPSA) is 122 Å². The molecule has 2 amide bonds. The molecule has 0 spiro atoms. The first-order chi connectivity index (χ1) is 13.6. The molecule has 160 valence electrons. The first-order valence-electron chi connectivity index (χ1n) is 9.43. The van der Waals surface area contributed by atoms with Gasteiger partial charge in [-0.05, 0) is 49.9 Å². The molecular weight excluding hydrogens is 398 g/mol. The van der Waals surface area contributed by atoms with Crippen molar-refractivity contribution in [1.29, 1.82) is 0 Å². The second kappa shape index (κ2) is 9.84. The van der Waals surface area contributed by atoms with E-state index in [4.69, 9.17) is 4.74 Å². The average Bonchev–Trinajstić information content (AvgIpc) is 2.65. The van der Waals surface area contributed by atoms with E-state index in [2.05, 4.69) is 17.0 Å². The molecule has 0 unspecified atom stereocenters. The lowest BCUT2D eigenvalue weighted by atomic mass is 10.0. The van der Waals surface area contributed by atoms with Crippen molar-refractivity contribution in [1.82, 2.24) is 9.62 Å². The standard InChI is InChI=1S/C19H27N3O6S/c1-13-5-4-10-22(11-13)18(24)12-28-19(25)14(2)21-29(26,27)17-8-6-16(7-9-17)20-15(3)23/h6-9,13-14,21H,4-5,10-12H2,1-3H3,(H,20,23)/t13-,14-/m0/s1. The zero-order valence-electron chi connectivity index (χ0n) is 16.8. The summed E-state index contributed by atoms with van der Waals surface area (Å²) >= 11 is 0. The maximum absolute atomic E-state index is 12.4. The SMILES string of the molecule is CC(=O)Nc1ccc(S(=O)(=O)N[C@@H](C)C(=O)OCC(=O)N2CCC[C@H](C)C2)cc1. The largest absolute Gasteiger partial charge is 0.454 e. The van der Waals surface area contributed by atoms with Crippen LogP contribution in [-0.2, 0) is 29.1 Å². The second-order valence-corrected chi connectivity index (χ2v) is 8.96. The van der Waals surface area contributed by atoms with Crippen molar-refractivity contribution in [2.24, 2.45) is 5.92 Å². The molecular formula is C19H27N3O6S. The van der Waals surface area contributed by atoms with E-state index >= 15 is 0 Å². The summed E-state index contributed by atoms with van der Waals surface area (Å²) in [6, 6.07) is 4.34. The van der Waals surface area contributed by atoms with Crippen LogP contribution in [0, 0.1) is 5.92 Å². The third kappa shape index (κ3) is 6.82. The molecule has 0 aromatic heterocycles. The van der Waals surface area contributed by atoms with Crippen LogP contribution in [0.3, 0.4) is 0 Å². The van der Waals surface area contributed by atoms with E-state index in [-0.39, 0.29) is 16.7 Å². The Hall–Kier alpha value is -2.46. The van der Waals surface area contributed by atoms with Crippen molar-refractivity contribution >= 4 is 33.5 Å². The molecule has 1 fully saturated rings. The summed E-state index contributed by atoms with van der Waals surface area (Å²) in [5.74, 6) is -0.981. The van der Waals surface area contributed by atoms with Gasteiger partial charge in [0, 0.05) is 25.7 Å². The number of benzene rings is 1. The number of likely N-dealkylation sites (tertiary alicyclic amines) is 1. The number of nitrogens with zero attached hydrogens (tertiary/aromatic N) is 1. The van der Waals surface area contributed by atoms with Crippen LogP contribution in [0.15, 0.2) is 29.2 Å². The van der Waals surface area contributed by atoms with Gasteiger partial charge in [0.1, 0.15) is 6.04 Å². The smallest absolute Gasteiger partial charge is 0.324 e. The first-order valence-corrected chi connectivity index (χ1v) is 10.9. The van der Waals surface area contributed by atoms with Gasteiger partial charge in [-0.25, -0.2) is 8.42 Å². The van der Waals surface area contributed by atoms with Gasteiger partial charge in [0.2, 0.25) is 15.9 Å². The lowest BCUT2D eigenvalue weighted by molar-refractivity contribution is -0.153. The van der Waals surface area contributed by atoms with Crippen LogP contribution >= 0.6 is 0 Å². The summed E-state index contributed by atoms with van der Waals surface area (Å²) in [5, 5.41) is 2.54. The zero-order chi connectivity index (χ0) is 21.6. The molecule has 0 saturated carbocycles. The number of carbonyl (C=O) groups excluding carboxylic acids is 3. The fourth-order valence-electron chi connectivity index (χ4n) is 3.03. The number of carbonyl (C=O) groups is 3. The molecule has 1 heterocycles. The predicted molar refractivity (Wildman–Crippen MR) is 106 cm³/mol. The third-order valence-electron chi connectivity index (χ3n) is 4.52. The summed E-state index contributed by atoms with van der Waals surface area (Å²) in [4.78, 5) is 36.9. The predicted octanol–water partition coefficient (Wildman–Crippen LogP) is 1.11. The van der Waals surface area contributed by atoms with E-state index in [0.717, 1.165) is 12.8 Å². The van der Waals surface area contributed by atoms with Crippen LogP contribution in [-0.4, -0.2) is 56.8 Å². The van der Waals surface area contributed by atoms with Crippen molar-refractivity contribution in [3.63, 3.8) is 0 Å². The first kappa shape index (κ1) is 22.8. The van der Waals surface area contributed by atoms with Gasteiger partial charge in [-0.15, -0.1) is 0 Å². The van der Waals surface area contributed by atoms with E-state index in [1.807, 2.05) is 0 Å². The average molecular weight is 426 g/mol. The van der Waals surface area contributed by atoms with Gasteiger partial charge in [-0.3, -0.25) is 14.4 Å². The Morgan fingerprint density at radius 1 is 1.24 bits per heavy atom. The number of anilines is 1. The highest BCUT2D eigenvalue weighted by atomic mass is 32.2. The molecule has 0 radical (unpaired) electrons. The van der Waals surface area contributed by atoms with Crippen molar-refractivity contribution < 1.29 is 27.5 Å². The lowest BCUT2D eigenvalue weighted by Crippen LogP contribution is -2.43. The van der Waals surface area contributed by atoms with Crippen molar-refractivity contribution in [3.05, 3.63) is 24.3 Å². The zero-order valence-corrected chi connectivity index (χ0v) is 17.6. The number of nitrogens with one attached hydrogen (secondary N) is 2. The number of esters is 1. The Kier molecular flexibility index (Phi) is 7.74. The van der Waals surface area contributed by atoms with E-state index < -0.39 is 28.6 Å². The molecule has 0 bridgehead atoms. The Balaban J connectivity index is 1.88. The third-order valence-corrected chi connectivity index (χ3v) is 6.07. The van der Waals surface area contributed by atoms with Crippen LogP contribution in [0.4, 0.5) is 5.69 Å². The Bertz CT molecular complexity index is 853. The molecule has 2 rings (SSSR count). The van der Waals surface area contributed by atoms with Gasteiger partial charge in [0.25, 0.3) is 5.91 Å². The number of piperidine rings is 1. The van der Waals surface area contributed by atoms with E-state index in [1.165, 1.54) is 38.1 Å². The molecule has 9 nitrogen and oxygen atoms in total. The van der Waals surface area contributed by atoms with E-state index in [1.54, 1.807) is 4.90 Å². The minimum Gasteiger partial charge on any atom is -0.454 e. The van der Waals surface area contributed by atoms with Crippen LogP contribution in [0.25, 0.3) is 0 Å². The van der Waals surface area contributed by atoms with Crippen molar-refractivity contribution in [2.75, 3.05) is 25.0 Å². The Morgan fingerprint density at radius 3 is 2.48 bits per heavy atom. The molecule has 2 N–H and O–H groups in total. The van der Waals surface area contributed by atoms with E-state index in [9.17, 15) is 22.8 Å².